The first kappa shape index (κ1) is 21.1. The third-order valence-electron chi connectivity index (χ3n) is 4.41. The fourth-order valence-electron chi connectivity index (χ4n) is 3.13. The van der Waals surface area contributed by atoms with Gasteiger partial charge in [-0.05, 0) is 69.4 Å². The van der Waals surface area contributed by atoms with E-state index in [1.807, 2.05) is 60.7 Å². The first-order valence-electron chi connectivity index (χ1n) is 8.71. The van der Waals surface area contributed by atoms with Crippen LogP contribution in [0, 0.1) is 5.77 Å². The van der Waals surface area contributed by atoms with Crippen molar-refractivity contribution in [1.29, 1.82) is 0 Å². The van der Waals surface area contributed by atoms with Crippen molar-refractivity contribution in [3.05, 3.63) is 76.5 Å². The molecule has 0 radical (unpaired) electrons. The molecular formula is C22H10Cl2I2O2S2. The van der Waals surface area contributed by atoms with E-state index in [9.17, 15) is 0 Å². The van der Waals surface area contributed by atoms with Crippen LogP contribution in [0.1, 0.15) is 0 Å². The van der Waals surface area contributed by atoms with Gasteiger partial charge in [-0.3, -0.25) is 0 Å². The average Bonchev–Trinajstić information content (AvgIpc) is 3.22. The summed E-state index contributed by atoms with van der Waals surface area (Å²) in [5, 5.41) is 3.03. The summed E-state index contributed by atoms with van der Waals surface area (Å²) in [6, 6.07) is 19.4. The first-order valence-corrected chi connectivity index (χ1v) is 13.3. The van der Waals surface area contributed by atoms with Crippen molar-refractivity contribution in [2.24, 2.45) is 0 Å². The van der Waals surface area contributed by atoms with Crippen LogP contribution in [0.5, 0.6) is 23.0 Å². The van der Waals surface area contributed by atoms with Crippen LogP contribution in [0.3, 0.4) is 0 Å². The Morgan fingerprint density at radius 1 is 0.600 bits per heavy atom. The Hall–Kier alpha value is -0.780. The van der Waals surface area contributed by atoms with E-state index >= 15 is 0 Å². The van der Waals surface area contributed by atoms with Gasteiger partial charge in [-0.1, -0.05) is 59.6 Å². The number of halogens is 4. The van der Waals surface area contributed by atoms with Crippen LogP contribution in [0.15, 0.2) is 60.7 Å². The lowest BCUT2D eigenvalue weighted by Gasteiger charge is -2.14. The van der Waals surface area contributed by atoms with Gasteiger partial charge in [0.25, 0.3) is 0 Å². The maximum atomic E-state index is 6.77. The third kappa shape index (κ3) is 3.69. The minimum atomic E-state index is 0.667. The summed E-state index contributed by atoms with van der Waals surface area (Å²) in [7, 11) is 0. The minimum Gasteiger partial charge on any atom is -0.455 e. The zero-order chi connectivity index (χ0) is 20.8. The Labute approximate surface area is 218 Å². The zero-order valence-corrected chi connectivity index (χ0v) is 22.4. The monoisotopic (exact) mass is 694 g/mol. The van der Waals surface area contributed by atoms with E-state index < -0.39 is 0 Å². The summed E-state index contributed by atoms with van der Waals surface area (Å²) in [4.78, 5) is 0. The summed E-state index contributed by atoms with van der Waals surface area (Å²) < 4.78 is 16.6. The zero-order valence-electron chi connectivity index (χ0n) is 14.9. The number of ether oxygens (including phenoxy) is 2. The van der Waals surface area contributed by atoms with Crippen molar-refractivity contribution in [2.75, 3.05) is 0 Å². The Kier molecular flexibility index (Phi) is 6.07. The van der Waals surface area contributed by atoms with Crippen LogP contribution in [0.4, 0.5) is 0 Å². The van der Waals surface area contributed by atoms with E-state index in [-0.39, 0.29) is 0 Å². The molecule has 0 saturated carbocycles. The molecule has 0 amide bonds. The van der Waals surface area contributed by atoms with Crippen LogP contribution in [-0.2, 0) is 0 Å². The normalized spacial score (nSPS) is 11.3. The average molecular weight is 695 g/mol. The third-order valence-corrected chi connectivity index (χ3v) is 10.4. The van der Waals surface area contributed by atoms with Crippen molar-refractivity contribution >= 4 is 111 Å². The van der Waals surface area contributed by atoms with Crippen molar-refractivity contribution in [3.63, 3.8) is 0 Å². The van der Waals surface area contributed by atoms with E-state index in [0.717, 1.165) is 37.4 Å². The topological polar surface area (TPSA) is 18.5 Å². The van der Waals surface area contributed by atoms with Crippen LogP contribution in [0.25, 0.3) is 20.2 Å². The van der Waals surface area contributed by atoms with Gasteiger partial charge in [0.2, 0.25) is 0 Å². The Bertz CT molecular complexity index is 1280. The van der Waals surface area contributed by atoms with Crippen LogP contribution >= 0.6 is 91.1 Å². The fraction of sp³-hybridized carbons (Fsp3) is 0. The molecule has 150 valence electrons. The van der Waals surface area contributed by atoms with Gasteiger partial charge >= 0.3 is 0 Å². The molecule has 3 aromatic carbocycles. The van der Waals surface area contributed by atoms with Gasteiger partial charge in [0.15, 0.2) is 11.5 Å². The summed E-state index contributed by atoms with van der Waals surface area (Å²) >= 11 is 21.2. The van der Waals surface area contributed by atoms with E-state index in [2.05, 4.69) is 45.2 Å². The molecule has 8 heteroatoms. The van der Waals surface area contributed by atoms with Crippen LogP contribution < -0.4 is 9.47 Å². The van der Waals surface area contributed by atoms with Crippen molar-refractivity contribution in [1.82, 2.24) is 0 Å². The molecule has 2 heterocycles. The second kappa shape index (κ2) is 8.63. The maximum absolute atomic E-state index is 6.77. The van der Waals surface area contributed by atoms with E-state index in [4.69, 9.17) is 32.7 Å². The number of para-hydroxylation sites is 2. The highest BCUT2D eigenvalue weighted by atomic mass is 127. The summed E-state index contributed by atoms with van der Waals surface area (Å²) in [5.74, 6) is 2.92. The number of hydrogen-bond acceptors (Lipinski definition) is 4. The quantitative estimate of drug-likeness (QED) is 0.174. The van der Waals surface area contributed by atoms with Crippen LogP contribution in [-0.4, -0.2) is 0 Å². The molecule has 0 aliphatic rings. The Balaban J connectivity index is 1.86. The molecule has 0 atom stereocenters. The lowest BCUT2D eigenvalue weighted by molar-refractivity contribution is 0.487. The lowest BCUT2D eigenvalue weighted by Crippen LogP contribution is -1.90. The number of benzene rings is 3. The summed E-state index contributed by atoms with van der Waals surface area (Å²) in [5.41, 5.74) is 0. The minimum absolute atomic E-state index is 0.667. The predicted octanol–water partition coefficient (Wildman–Crippen LogP) is 10.2. The molecular weight excluding hydrogens is 685 g/mol. The van der Waals surface area contributed by atoms with Crippen molar-refractivity contribution < 1.29 is 9.47 Å². The van der Waals surface area contributed by atoms with Gasteiger partial charge < -0.3 is 9.47 Å². The number of rotatable bonds is 4. The predicted molar refractivity (Wildman–Crippen MR) is 146 cm³/mol. The highest BCUT2D eigenvalue weighted by Gasteiger charge is 2.27. The fourth-order valence-corrected chi connectivity index (χ4v) is 7.50. The standard InChI is InChI=1S/C22H10Cl2I2O2S2/c23-15-13-17(27-11-7-3-1-4-8-11)19-14(16(24)22(26)29-19)18(20(13)30-21(15)25)28-12-9-5-2-6-10-12/h1-10H. The molecule has 0 unspecified atom stereocenters. The molecule has 0 spiro atoms. The second-order valence-electron chi connectivity index (χ2n) is 6.28. The molecule has 0 saturated heterocycles. The second-order valence-corrected chi connectivity index (χ2v) is 12.7. The molecule has 0 fully saturated rings. The van der Waals surface area contributed by atoms with Gasteiger partial charge in [-0.2, -0.15) is 0 Å². The van der Waals surface area contributed by atoms with Gasteiger partial charge in [-0.15, -0.1) is 22.7 Å². The smallest absolute Gasteiger partial charge is 0.155 e. The number of thiophene rings is 2. The molecule has 30 heavy (non-hydrogen) atoms. The highest BCUT2D eigenvalue weighted by Crippen LogP contribution is 2.56. The Morgan fingerprint density at radius 3 is 1.33 bits per heavy atom. The van der Waals surface area contributed by atoms with E-state index in [0.29, 0.717) is 21.5 Å². The molecule has 5 aromatic rings. The largest absolute Gasteiger partial charge is 0.455 e. The van der Waals surface area contributed by atoms with E-state index in [1.165, 1.54) is 0 Å². The number of fused-ring (bicyclic) bond motifs is 2. The van der Waals surface area contributed by atoms with Gasteiger partial charge in [0.05, 0.1) is 36.0 Å². The van der Waals surface area contributed by atoms with E-state index in [1.54, 1.807) is 22.7 Å². The van der Waals surface area contributed by atoms with Crippen LogP contribution in [0.2, 0.25) is 10.0 Å². The maximum Gasteiger partial charge on any atom is 0.155 e. The molecule has 0 N–H and O–H groups in total. The highest BCUT2D eigenvalue weighted by molar-refractivity contribution is 14.1. The van der Waals surface area contributed by atoms with Gasteiger partial charge in [-0.25, -0.2) is 0 Å². The molecule has 2 nitrogen and oxygen atoms in total. The summed E-state index contributed by atoms with van der Waals surface area (Å²) in [6.45, 7) is 0. The summed E-state index contributed by atoms with van der Waals surface area (Å²) in [6.07, 6.45) is 0. The molecule has 2 aromatic heterocycles. The molecule has 0 bridgehead atoms. The van der Waals surface area contributed by atoms with Gasteiger partial charge in [0.1, 0.15) is 11.5 Å². The molecule has 5 rings (SSSR count). The first-order chi connectivity index (χ1) is 14.5. The SMILES string of the molecule is Clc1c(I)sc2c(Oc3ccccc3)c3c(Cl)c(I)sc3c(Oc3ccccc3)c12. The van der Waals surface area contributed by atoms with Gasteiger partial charge in [0, 0.05) is 0 Å². The number of hydrogen-bond donors (Lipinski definition) is 0. The molecule has 0 aliphatic heterocycles. The molecule has 0 aliphatic carbocycles. The lowest BCUT2D eigenvalue weighted by atomic mass is 10.1. The van der Waals surface area contributed by atoms with Crippen molar-refractivity contribution in [3.8, 4) is 23.0 Å². The van der Waals surface area contributed by atoms with Crippen molar-refractivity contribution in [2.45, 2.75) is 0 Å². The Morgan fingerprint density at radius 2 is 0.967 bits per heavy atom.